The molecule has 0 aliphatic carbocycles. The van der Waals surface area contributed by atoms with Gasteiger partial charge in [0.25, 0.3) is 0 Å². The van der Waals surface area contributed by atoms with E-state index >= 15 is 0 Å². The molecule has 1 aliphatic rings. The molecule has 3 aromatic carbocycles. The lowest BCUT2D eigenvalue weighted by Crippen LogP contribution is -2.07. The van der Waals surface area contributed by atoms with Gasteiger partial charge in [-0.2, -0.15) is 0 Å². The maximum atomic E-state index is 12.4. The second kappa shape index (κ2) is 5.82. The van der Waals surface area contributed by atoms with E-state index < -0.39 is 0 Å². The van der Waals surface area contributed by atoms with Crippen LogP contribution in [0, 0.1) is 0 Å². The molecule has 0 amide bonds. The molecule has 0 saturated carbocycles. The predicted octanol–water partition coefficient (Wildman–Crippen LogP) is 4.68. The zero-order valence-electron chi connectivity index (χ0n) is 12.6. The molecule has 0 spiro atoms. The van der Waals surface area contributed by atoms with E-state index in [2.05, 4.69) is 24.3 Å². The molecule has 23 heavy (non-hydrogen) atoms. The van der Waals surface area contributed by atoms with Crippen LogP contribution in [0.1, 0.15) is 22.0 Å². The van der Waals surface area contributed by atoms with Crippen LogP contribution in [0.15, 0.2) is 84.9 Å². The second-order valence-corrected chi connectivity index (χ2v) is 5.70. The fourth-order valence-electron chi connectivity index (χ4n) is 2.83. The summed E-state index contributed by atoms with van der Waals surface area (Å²) in [6.07, 6.45) is -0.465. The first kappa shape index (κ1) is 13.9. The molecule has 1 fully saturated rings. The lowest BCUT2D eigenvalue weighted by molar-refractivity contribution is 0.0953. The van der Waals surface area contributed by atoms with Gasteiger partial charge in [-0.3, -0.25) is 4.79 Å². The van der Waals surface area contributed by atoms with Gasteiger partial charge in [0.2, 0.25) is 0 Å². The highest BCUT2D eigenvalue weighted by atomic mass is 16.6. The highest BCUT2D eigenvalue weighted by Gasteiger charge is 2.46. The van der Waals surface area contributed by atoms with Crippen molar-refractivity contribution >= 4 is 5.78 Å². The summed E-state index contributed by atoms with van der Waals surface area (Å²) in [5.74, 6) is 0.0581. The van der Waals surface area contributed by atoms with Crippen molar-refractivity contribution in [3.05, 3.63) is 96.1 Å². The van der Waals surface area contributed by atoms with Crippen LogP contribution in [-0.4, -0.2) is 11.9 Å². The molecule has 0 aromatic heterocycles. The zero-order valence-corrected chi connectivity index (χ0v) is 12.6. The van der Waals surface area contributed by atoms with Crippen molar-refractivity contribution in [1.82, 2.24) is 0 Å². The maximum Gasteiger partial charge on any atom is 0.194 e. The Labute approximate surface area is 135 Å². The fourth-order valence-corrected chi connectivity index (χ4v) is 2.83. The Kier molecular flexibility index (Phi) is 3.52. The average Bonchev–Trinajstić information content (AvgIpc) is 3.43. The summed E-state index contributed by atoms with van der Waals surface area (Å²) in [4.78, 5) is 12.4. The highest BCUT2D eigenvalue weighted by molar-refractivity contribution is 6.01. The third kappa shape index (κ3) is 2.81. The SMILES string of the molecule is O=C(c1ccccc1)[C@H]1O[C@@H]1c1ccc(-c2ccccc2)cc1. The Morgan fingerprint density at radius 3 is 1.91 bits per heavy atom. The van der Waals surface area contributed by atoms with Crippen molar-refractivity contribution in [3.63, 3.8) is 0 Å². The number of ketones is 1. The summed E-state index contributed by atoms with van der Waals surface area (Å²) in [5, 5.41) is 0. The standard InChI is InChI=1S/C21H16O2/c22-19(17-9-5-2-6-10-17)21-20(23-21)18-13-11-16(12-14-18)15-7-3-1-4-8-15/h1-14,20-21H/t20-,21-/m1/s1. The number of ether oxygens (including phenoxy) is 1. The van der Waals surface area contributed by atoms with Gasteiger partial charge in [-0.1, -0.05) is 84.9 Å². The summed E-state index contributed by atoms with van der Waals surface area (Å²) in [7, 11) is 0. The van der Waals surface area contributed by atoms with Crippen molar-refractivity contribution in [2.45, 2.75) is 12.2 Å². The summed E-state index contributed by atoms with van der Waals surface area (Å²) >= 11 is 0. The molecule has 4 rings (SSSR count). The van der Waals surface area contributed by atoms with Crippen LogP contribution in [-0.2, 0) is 4.74 Å². The molecule has 1 aliphatic heterocycles. The van der Waals surface area contributed by atoms with Crippen LogP contribution >= 0.6 is 0 Å². The normalized spacial score (nSPS) is 19.3. The molecule has 0 radical (unpaired) electrons. The Balaban J connectivity index is 1.49. The van der Waals surface area contributed by atoms with E-state index in [1.165, 1.54) is 11.1 Å². The quantitative estimate of drug-likeness (QED) is 0.517. The van der Waals surface area contributed by atoms with Crippen LogP contribution in [0.5, 0.6) is 0 Å². The Hall–Kier alpha value is -2.71. The Morgan fingerprint density at radius 1 is 0.696 bits per heavy atom. The number of epoxide rings is 1. The summed E-state index contributed by atoms with van der Waals surface area (Å²) < 4.78 is 5.62. The smallest absolute Gasteiger partial charge is 0.194 e. The van der Waals surface area contributed by atoms with Crippen LogP contribution in [0.4, 0.5) is 0 Å². The fraction of sp³-hybridized carbons (Fsp3) is 0.0952. The van der Waals surface area contributed by atoms with Crippen molar-refractivity contribution in [2.24, 2.45) is 0 Å². The van der Waals surface area contributed by atoms with E-state index in [0.717, 1.165) is 5.56 Å². The van der Waals surface area contributed by atoms with Gasteiger partial charge in [-0.15, -0.1) is 0 Å². The first-order valence-corrected chi connectivity index (χ1v) is 7.73. The minimum atomic E-state index is -0.347. The monoisotopic (exact) mass is 300 g/mol. The van der Waals surface area contributed by atoms with Gasteiger partial charge in [0.05, 0.1) is 0 Å². The third-order valence-electron chi connectivity index (χ3n) is 4.15. The van der Waals surface area contributed by atoms with E-state index in [0.29, 0.717) is 5.56 Å². The molecule has 2 atom stereocenters. The molecule has 112 valence electrons. The predicted molar refractivity (Wildman–Crippen MR) is 90.3 cm³/mol. The van der Waals surface area contributed by atoms with E-state index in [1.54, 1.807) is 0 Å². The maximum absolute atomic E-state index is 12.4. The van der Waals surface area contributed by atoms with E-state index in [-0.39, 0.29) is 18.0 Å². The van der Waals surface area contributed by atoms with Gasteiger partial charge in [-0.25, -0.2) is 0 Å². The van der Waals surface area contributed by atoms with Gasteiger partial charge in [-0.05, 0) is 16.7 Å². The molecule has 3 aromatic rings. The van der Waals surface area contributed by atoms with E-state index in [9.17, 15) is 4.79 Å². The molecular formula is C21H16O2. The van der Waals surface area contributed by atoms with Crippen LogP contribution in [0.2, 0.25) is 0 Å². The number of carbonyl (C=O) groups is 1. The van der Waals surface area contributed by atoms with Crippen LogP contribution in [0.25, 0.3) is 11.1 Å². The lowest BCUT2D eigenvalue weighted by Gasteiger charge is -2.02. The van der Waals surface area contributed by atoms with Gasteiger partial charge < -0.3 is 4.74 Å². The molecule has 2 nitrogen and oxygen atoms in total. The molecule has 1 saturated heterocycles. The second-order valence-electron chi connectivity index (χ2n) is 5.70. The van der Waals surface area contributed by atoms with Crippen molar-refractivity contribution in [1.29, 1.82) is 0 Å². The van der Waals surface area contributed by atoms with Gasteiger partial charge >= 0.3 is 0 Å². The lowest BCUT2D eigenvalue weighted by atomic mass is 10.00. The Morgan fingerprint density at radius 2 is 1.26 bits per heavy atom. The average molecular weight is 300 g/mol. The van der Waals surface area contributed by atoms with Crippen molar-refractivity contribution in [2.75, 3.05) is 0 Å². The van der Waals surface area contributed by atoms with Crippen molar-refractivity contribution < 1.29 is 9.53 Å². The topological polar surface area (TPSA) is 29.6 Å². The molecule has 0 unspecified atom stereocenters. The van der Waals surface area contributed by atoms with Crippen molar-refractivity contribution in [3.8, 4) is 11.1 Å². The highest BCUT2D eigenvalue weighted by Crippen LogP contribution is 2.41. The Bertz CT molecular complexity index is 807. The molecule has 2 heteroatoms. The number of hydrogen-bond acceptors (Lipinski definition) is 2. The van der Waals surface area contributed by atoms with Gasteiger partial charge in [0.1, 0.15) is 6.10 Å². The number of carbonyl (C=O) groups excluding carboxylic acids is 1. The number of Topliss-reactive ketones (excluding diaryl/α,β-unsaturated/α-hetero) is 1. The minimum absolute atomic E-state index is 0.0581. The molecule has 1 heterocycles. The molecule has 0 N–H and O–H groups in total. The molecule has 0 bridgehead atoms. The van der Waals surface area contributed by atoms with E-state index in [4.69, 9.17) is 4.74 Å². The van der Waals surface area contributed by atoms with Crippen LogP contribution < -0.4 is 0 Å². The van der Waals surface area contributed by atoms with Gasteiger partial charge in [0.15, 0.2) is 11.9 Å². The largest absolute Gasteiger partial charge is 0.356 e. The number of rotatable bonds is 4. The number of benzene rings is 3. The summed E-state index contributed by atoms with van der Waals surface area (Å²) in [6.45, 7) is 0. The van der Waals surface area contributed by atoms with Gasteiger partial charge in [0, 0.05) is 5.56 Å². The van der Waals surface area contributed by atoms with E-state index in [1.807, 2.05) is 60.7 Å². The first-order valence-electron chi connectivity index (χ1n) is 7.73. The third-order valence-corrected chi connectivity index (χ3v) is 4.15. The zero-order chi connectivity index (χ0) is 15.6. The summed E-state index contributed by atoms with van der Waals surface area (Å²) in [6, 6.07) is 27.8. The first-order chi connectivity index (χ1) is 11.3. The minimum Gasteiger partial charge on any atom is -0.356 e. The van der Waals surface area contributed by atoms with Crippen LogP contribution in [0.3, 0.4) is 0 Å². The summed E-state index contributed by atoms with van der Waals surface area (Å²) in [5.41, 5.74) is 4.12. The molecular weight excluding hydrogens is 284 g/mol. The number of hydrogen-bond donors (Lipinski definition) is 0.